The molecule has 0 spiro atoms. The predicted molar refractivity (Wildman–Crippen MR) is 94.2 cm³/mol. The topological polar surface area (TPSA) is 41.1 Å². The van der Waals surface area contributed by atoms with Crippen molar-refractivity contribution in [3.8, 4) is 11.1 Å². The summed E-state index contributed by atoms with van der Waals surface area (Å²) >= 11 is 0. The molecule has 120 valence electrons. The Morgan fingerprint density at radius 2 is 1.78 bits per heavy atom. The molecular weight excluding hydrogens is 284 g/mol. The molecule has 1 fully saturated rings. The van der Waals surface area contributed by atoms with Crippen molar-refractivity contribution in [1.29, 1.82) is 0 Å². The van der Waals surface area contributed by atoms with Crippen LogP contribution in [0.15, 0.2) is 54.6 Å². The van der Waals surface area contributed by atoms with Crippen molar-refractivity contribution < 1.29 is 4.79 Å². The van der Waals surface area contributed by atoms with Gasteiger partial charge in [-0.05, 0) is 35.6 Å². The number of carbonyl (C=O) groups is 1. The first kappa shape index (κ1) is 15.8. The first-order valence-corrected chi connectivity index (χ1v) is 8.37. The zero-order chi connectivity index (χ0) is 16.1. The smallest absolute Gasteiger partial charge is 0.224 e. The molecule has 0 bridgehead atoms. The van der Waals surface area contributed by atoms with Crippen molar-refractivity contribution in [2.45, 2.75) is 25.8 Å². The number of benzene rings is 2. The first-order valence-electron chi connectivity index (χ1n) is 8.37. The van der Waals surface area contributed by atoms with Crippen LogP contribution in [0.5, 0.6) is 0 Å². The second kappa shape index (κ2) is 7.42. The number of piperidine rings is 1. The number of amides is 1. The summed E-state index contributed by atoms with van der Waals surface area (Å²) in [5.41, 5.74) is 3.43. The molecule has 2 unspecified atom stereocenters. The van der Waals surface area contributed by atoms with Crippen LogP contribution in [-0.2, 0) is 11.2 Å². The van der Waals surface area contributed by atoms with Gasteiger partial charge in [0, 0.05) is 12.6 Å². The van der Waals surface area contributed by atoms with E-state index in [9.17, 15) is 4.79 Å². The van der Waals surface area contributed by atoms with E-state index in [-0.39, 0.29) is 11.9 Å². The molecular formula is C20H24N2O. The quantitative estimate of drug-likeness (QED) is 0.911. The van der Waals surface area contributed by atoms with E-state index in [0.29, 0.717) is 12.3 Å². The van der Waals surface area contributed by atoms with Crippen molar-refractivity contribution in [1.82, 2.24) is 10.6 Å². The lowest BCUT2D eigenvalue weighted by Crippen LogP contribution is -2.50. The lowest BCUT2D eigenvalue weighted by Gasteiger charge is -2.30. The average molecular weight is 308 g/mol. The van der Waals surface area contributed by atoms with E-state index in [4.69, 9.17) is 0 Å². The number of nitrogens with one attached hydrogen (secondary N) is 2. The van der Waals surface area contributed by atoms with Gasteiger partial charge >= 0.3 is 0 Å². The number of hydrogen-bond acceptors (Lipinski definition) is 2. The van der Waals surface area contributed by atoms with Crippen LogP contribution in [0.2, 0.25) is 0 Å². The van der Waals surface area contributed by atoms with Gasteiger partial charge in [-0.2, -0.15) is 0 Å². The van der Waals surface area contributed by atoms with Gasteiger partial charge in [0.05, 0.1) is 6.42 Å². The summed E-state index contributed by atoms with van der Waals surface area (Å²) in [7, 11) is 0. The highest BCUT2D eigenvalue weighted by atomic mass is 16.1. The third-order valence-corrected chi connectivity index (χ3v) is 4.60. The van der Waals surface area contributed by atoms with Crippen LogP contribution in [0.25, 0.3) is 11.1 Å². The van der Waals surface area contributed by atoms with Gasteiger partial charge in [-0.3, -0.25) is 4.79 Å². The van der Waals surface area contributed by atoms with Crippen LogP contribution < -0.4 is 10.6 Å². The van der Waals surface area contributed by atoms with E-state index >= 15 is 0 Å². The molecule has 0 saturated carbocycles. The summed E-state index contributed by atoms with van der Waals surface area (Å²) in [4.78, 5) is 12.2. The van der Waals surface area contributed by atoms with E-state index in [1.165, 1.54) is 11.1 Å². The molecule has 1 amide bonds. The van der Waals surface area contributed by atoms with Gasteiger partial charge in [-0.1, -0.05) is 61.5 Å². The largest absolute Gasteiger partial charge is 0.352 e. The zero-order valence-corrected chi connectivity index (χ0v) is 13.6. The number of carbonyl (C=O) groups excluding carboxylic acids is 1. The molecule has 0 radical (unpaired) electrons. The molecule has 1 aliphatic rings. The Hall–Kier alpha value is -2.13. The van der Waals surface area contributed by atoms with E-state index in [0.717, 1.165) is 25.1 Å². The van der Waals surface area contributed by atoms with Crippen LogP contribution in [0, 0.1) is 5.92 Å². The van der Waals surface area contributed by atoms with Gasteiger partial charge in [0.25, 0.3) is 0 Å². The van der Waals surface area contributed by atoms with Gasteiger partial charge in [-0.15, -0.1) is 0 Å². The van der Waals surface area contributed by atoms with Crippen LogP contribution in [-0.4, -0.2) is 25.0 Å². The van der Waals surface area contributed by atoms with Gasteiger partial charge in [0.15, 0.2) is 0 Å². The molecule has 1 heterocycles. The molecule has 1 saturated heterocycles. The number of hydrogen-bond donors (Lipinski definition) is 2. The SMILES string of the molecule is CC1CCNCC1NC(=O)Cc1ccc(-c2ccccc2)cc1. The molecule has 3 rings (SSSR count). The van der Waals surface area contributed by atoms with Crippen molar-refractivity contribution in [3.63, 3.8) is 0 Å². The molecule has 3 nitrogen and oxygen atoms in total. The highest BCUT2D eigenvalue weighted by Crippen LogP contribution is 2.19. The Morgan fingerprint density at radius 3 is 2.48 bits per heavy atom. The van der Waals surface area contributed by atoms with E-state index < -0.39 is 0 Å². The Labute approximate surface area is 138 Å². The highest BCUT2D eigenvalue weighted by Gasteiger charge is 2.22. The fourth-order valence-corrected chi connectivity index (χ4v) is 3.07. The maximum Gasteiger partial charge on any atom is 0.224 e. The summed E-state index contributed by atoms with van der Waals surface area (Å²) in [5.74, 6) is 0.652. The molecule has 3 heteroatoms. The molecule has 0 aliphatic carbocycles. The summed E-state index contributed by atoms with van der Waals surface area (Å²) in [5, 5.41) is 6.51. The van der Waals surface area contributed by atoms with Gasteiger partial charge in [0.2, 0.25) is 5.91 Å². The van der Waals surface area contributed by atoms with Crippen molar-refractivity contribution in [3.05, 3.63) is 60.2 Å². The summed E-state index contributed by atoms with van der Waals surface area (Å²) in [6.07, 6.45) is 1.56. The molecule has 2 aromatic carbocycles. The van der Waals surface area contributed by atoms with E-state index in [1.807, 2.05) is 30.3 Å². The number of rotatable bonds is 4. The Bertz CT molecular complexity index is 636. The minimum atomic E-state index is 0.109. The van der Waals surface area contributed by atoms with Crippen molar-refractivity contribution in [2.75, 3.05) is 13.1 Å². The van der Waals surface area contributed by atoms with Gasteiger partial charge < -0.3 is 10.6 Å². The summed E-state index contributed by atoms with van der Waals surface area (Å²) in [6, 6.07) is 18.8. The predicted octanol–water partition coefficient (Wildman–Crippen LogP) is 3.01. The van der Waals surface area contributed by atoms with Crippen LogP contribution in [0.1, 0.15) is 18.9 Å². The van der Waals surface area contributed by atoms with E-state index in [2.05, 4.69) is 41.8 Å². The highest BCUT2D eigenvalue weighted by molar-refractivity contribution is 5.79. The summed E-state index contributed by atoms with van der Waals surface area (Å²) in [6.45, 7) is 4.13. The minimum absolute atomic E-state index is 0.109. The fraction of sp³-hybridized carbons (Fsp3) is 0.350. The van der Waals surface area contributed by atoms with Gasteiger partial charge in [-0.25, -0.2) is 0 Å². The second-order valence-corrected chi connectivity index (χ2v) is 6.38. The molecule has 2 atom stereocenters. The molecule has 0 aromatic heterocycles. The Kier molecular flexibility index (Phi) is 5.09. The Morgan fingerprint density at radius 1 is 1.09 bits per heavy atom. The maximum atomic E-state index is 12.2. The van der Waals surface area contributed by atoms with Crippen LogP contribution in [0.3, 0.4) is 0 Å². The first-order chi connectivity index (χ1) is 11.2. The van der Waals surface area contributed by atoms with Crippen molar-refractivity contribution >= 4 is 5.91 Å². The maximum absolute atomic E-state index is 12.2. The molecule has 2 N–H and O–H groups in total. The second-order valence-electron chi connectivity index (χ2n) is 6.38. The third kappa shape index (κ3) is 4.20. The average Bonchev–Trinajstić information content (AvgIpc) is 2.58. The lowest BCUT2D eigenvalue weighted by molar-refractivity contribution is -0.121. The monoisotopic (exact) mass is 308 g/mol. The summed E-state index contributed by atoms with van der Waals surface area (Å²) < 4.78 is 0. The van der Waals surface area contributed by atoms with E-state index in [1.54, 1.807) is 0 Å². The standard InChI is InChI=1S/C20H24N2O/c1-15-11-12-21-14-19(15)22-20(23)13-16-7-9-18(10-8-16)17-5-3-2-4-6-17/h2-10,15,19,21H,11-14H2,1H3,(H,22,23). The Balaban J connectivity index is 1.58. The van der Waals surface area contributed by atoms with Crippen LogP contribution >= 0.6 is 0 Å². The normalized spacial score (nSPS) is 20.9. The third-order valence-electron chi connectivity index (χ3n) is 4.60. The zero-order valence-electron chi connectivity index (χ0n) is 13.6. The molecule has 23 heavy (non-hydrogen) atoms. The molecule has 2 aromatic rings. The minimum Gasteiger partial charge on any atom is -0.352 e. The van der Waals surface area contributed by atoms with Crippen molar-refractivity contribution in [2.24, 2.45) is 5.92 Å². The molecule has 1 aliphatic heterocycles. The van der Waals surface area contributed by atoms with Crippen LogP contribution in [0.4, 0.5) is 0 Å². The van der Waals surface area contributed by atoms with Gasteiger partial charge in [0.1, 0.15) is 0 Å². The lowest BCUT2D eigenvalue weighted by atomic mass is 9.94. The fourth-order valence-electron chi connectivity index (χ4n) is 3.07.